The van der Waals surface area contributed by atoms with E-state index < -0.39 is 11.0 Å². The number of nitrogens with one attached hydrogen (secondary N) is 2. The highest BCUT2D eigenvalue weighted by molar-refractivity contribution is 7.85. The number of rotatable bonds is 5. The van der Waals surface area contributed by atoms with Gasteiger partial charge in [0.2, 0.25) is 0 Å². The van der Waals surface area contributed by atoms with Gasteiger partial charge in [-0.15, -0.1) is 0 Å². The highest BCUT2D eigenvalue weighted by atomic mass is 32.2. The molecule has 0 radical (unpaired) electrons. The van der Waals surface area contributed by atoms with Crippen molar-refractivity contribution in [2.75, 3.05) is 29.0 Å². The van der Waals surface area contributed by atoms with Gasteiger partial charge in [0.15, 0.2) is 5.65 Å². The lowest BCUT2D eigenvalue weighted by molar-refractivity contribution is 0.432. The summed E-state index contributed by atoms with van der Waals surface area (Å²) in [5.41, 5.74) is 7.03. The number of benzene rings is 3. The molecule has 1 unspecified atom stereocenters. The Hall–Kier alpha value is -3.75. The summed E-state index contributed by atoms with van der Waals surface area (Å²) < 4.78 is 16.7. The van der Waals surface area contributed by atoms with Gasteiger partial charge in [0.25, 0.3) is 0 Å². The van der Waals surface area contributed by atoms with Gasteiger partial charge in [0, 0.05) is 66.0 Å². The maximum absolute atomic E-state index is 11.8. The zero-order chi connectivity index (χ0) is 25.5. The van der Waals surface area contributed by atoms with Crippen LogP contribution in [0.25, 0.3) is 38.7 Å². The quantitative estimate of drug-likeness (QED) is 0.344. The van der Waals surface area contributed by atoms with E-state index in [-0.39, 0.29) is 0 Å². The van der Waals surface area contributed by atoms with Crippen LogP contribution in [0.15, 0.2) is 79.3 Å². The van der Waals surface area contributed by atoms with Crippen LogP contribution in [-0.4, -0.2) is 50.2 Å². The van der Waals surface area contributed by atoms with Crippen LogP contribution in [0, 0.1) is 0 Å². The van der Waals surface area contributed by atoms with Gasteiger partial charge >= 0.3 is 0 Å². The molecule has 3 heterocycles. The molecular formula is C29H30N6OS. The van der Waals surface area contributed by atoms with Gasteiger partial charge < -0.3 is 14.9 Å². The Morgan fingerprint density at radius 1 is 0.892 bits per heavy atom. The summed E-state index contributed by atoms with van der Waals surface area (Å²) >= 11 is 0. The fourth-order valence-electron chi connectivity index (χ4n) is 5.46. The normalized spacial score (nSPS) is 18.8. The molecule has 1 aliphatic heterocycles. The van der Waals surface area contributed by atoms with Crippen molar-refractivity contribution in [3.05, 3.63) is 79.3 Å². The third kappa shape index (κ3) is 4.36. The lowest BCUT2D eigenvalue weighted by Crippen LogP contribution is -2.55. The molecule has 5 aromatic rings. The van der Waals surface area contributed by atoms with E-state index in [1.54, 1.807) is 6.26 Å². The average molecular weight is 511 g/mol. The summed E-state index contributed by atoms with van der Waals surface area (Å²) in [6.07, 6.45) is 7.46. The van der Waals surface area contributed by atoms with Gasteiger partial charge in [0.1, 0.15) is 11.0 Å². The second-order valence-corrected chi connectivity index (χ2v) is 10.9. The Morgan fingerprint density at radius 3 is 2.35 bits per heavy atom. The Balaban J connectivity index is 1.34. The van der Waals surface area contributed by atoms with Crippen LogP contribution in [0.2, 0.25) is 0 Å². The molecule has 7 nitrogen and oxygen atoms in total. The fraction of sp³-hybridized carbons (Fsp3) is 0.241. The van der Waals surface area contributed by atoms with Gasteiger partial charge in [0.05, 0.1) is 11.9 Å². The third-order valence-electron chi connectivity index (χ3n) is 7.15. The molecule has 3 aromatic carbocycles. The summed E-state index contributed by atoms with van der Waals surface area (Å²) in [6.45, 7) is 6.53. The first kappa shape index (κ1) is 23.6. The van der Waals surface area contributed by atoms with Crippen molar-refractivity contribution in [1.29, 1.82) is 0 Å². The smallest absolute Gasteiger partial charge is 0.162 e. The van der Waals surface area contributed by atoms with E-state index in [0.29, 0.717) is 12.1 Å². The van der Waals surface area contributed by atoms with Crippen molar-refractivity contribution >= 4 is 38.8 Å². The lowest BCUT2D eigenvalue weighted by atomic mass is 9.99. The molecule has 2 aromatic heterocycles. The molecule has 1 fully saturated rings. The number of fused-ring (bicyclic) bond motifs is 2. The molecule has 1 saturated heterocycles. The molecule has 0 amide bonds. The molecule has 3 atom stereocenters. The van der Waals surface area contributed by atoms with Crippen LogP contribution in [0.3, 0.4) is 0 Å². The predicted molar refractivity (Wildman–Crippen MR) is 153 cm³/mol. The standard InChI is InChI=1S/C29H30N6OS/c1-19-14-30-15-20(2)35(19)23-10-8-21(9-11-23)22-16-31-29-27(17-32-34(29)18-22)25-12-13-28(33-37(3)36)26-7-5-4-6-24(25)26/h4-13,16-20,30,33H,14-15H2,1-3H3/t19-,20+,37?. The molecule has 37 heavy (non-hydrogen) atoms. The van der Waals surface area contributed by atoms with E-state index in [0.717, 1.165) is 57.5 Å². The van der Waals surface area contributed by atoms with Crippen LogP contribution >= 0.6 is 0 Å². The summed E-state index contributed by atoms with van der Waals surface area (Å²) in [4.78, 5) is 7.32. The minimum absolute atomic E-state index is 0.458. The molecule has 2 N–H and O–H groups in total. The van der Waals surface area contributed by atoms with Crippen molar-refractivity contribution in [3.63, 3.8) is 0 Å². The summed E-state index contributed by atoms with van der Waals surface area (Å²) in [5, 5.41) is 10.2. The Labute approximate surface area is 219 Å². The van der Waals surface area contributed by atoms with Gasteiger partial charge in [-0.05, 0) is 48.6 Å². The monoisotopic (exact) mass is 510 g/mol. The maximum Gasteiger partial charge on any atom is 0.162 e. The van der Waals surface area contributed by atoms with Gasteiger partial charge in [-0.1, -0.05) is 42.5 Å². The van der Waals surface area contributed by atoms with Gasteiger partial charge in [-0.3, -0.25) is 0 Å². The van der Waals surface area contributed by atoms with Crippen molar-refractivity contribution in [2.45, 2.75) is 25.9 Å². The fourth-order valence-corrected chi connectivity index (χ4v) is 5.95. The van der Waals surface area contributed by atoms with Gasteiger partial charge in [-0.25, -0.2) is 13.7 Å². The molecule has 0 aliphatic carbocycles. The molecule has 1 aliphatic rings. The number of hydrogen-bond acceptors (Lipinski definition) is 5. The first-order valence-corrected chi connectivity index (χ1v) is 14.1. The van der Waals surface area contributed by atoms with E-state index >= 15 is 0 Å². The molecule has 0 saturated carbocycles. The molecule has 188 valence electrons. The van der Waals surface area contributed by atoms with Crippen LogP contribution in [0.5, 0.6) is 0 Å². The number of piperazine rings is 1. The second kappa shape index (κ2) is 9.61. The average Bonchev–Trinajstić information content (AvgIpc) is 3.32. The first-order valence-electron chi connectivity index (χ1n) is 12.5. The van der Waals surface area contributed by atoms with Crippen LogP contribution in [-0.2, 0) is 11.0 Å². The number of aromatic nitrogens is 3. The first-order chi connectivity index (χ1) is 18.0. The van der Waals surface area contributed by atoms with Crippen molar-refractivity contribution in [1.82, 2.24) is 19.9 Å². The zero-order valence-corrected chi connectivity index (χ0v) is 22.0. The molecule has 6 rings (SSSR count). The van der Waals surface area contributed by atoms with E-state index in [9.17, 15) is 4.21 Å². The largest absolute Gasteiger partial charge is 0.364 e. The van der Waals surface area contributed by atoms with Crippen molar-refractivity contribution in [2.24, 2.45) is 0 Å². The third-order valence-corrected chi connectivity index (χ3v) is 7.66. The topological polar surface area (TPSA) is 74.6 Å². The highest BCUT2D eigenvalue weighted by Gasteiger charge is 2.24. The molecular weight excluding hydrogens is 480 g/mol. The Morgan fingerprint density at radius 2 is 1.62 bits per heavy atom. The van der Waals surface area contributed by atoms with E-state index in [1.165, 1.54) is 5.69 Å². The minimum Gasteiger partial charge on any atom is -0.364 e. The minimum atomic E-state index is -1.15. The van der Waals surface area contributed by atoms with Crippen LogP contribution in [0.4, 0.5) is 11.4 Å². The summed E-state index contributed by atoms with van der Waals surface area (Å²) in [5.74, 6) is 0. The molecule has 0 bridgehead atoms. The number of nitrogens with zero attached hydrogens (tertiary/aromatic N) is 4. The molecule has 0 spiro atoms. The van der Waals surface area contributed by atoms with E-state index in [1.807, 2.05) is 53.4 Å². The van der Waals surface area contributed by atoms with Crippen LogP contribution in [0.1, 0.15) is 13.8 Å². The van der Waals surface area contributed by atoms with Crippen molar-refractivity contribution in [3.8, 4) is 22.3 Å². The van der Waals surface area contributed by atoms with E-state index in [2.05, 4.69) is 64.2 Å². The highest BCUT2D eigenvalue weighted by Crippen LogP contribution is 2.35. The predicted octanol–water partition coefficient (Wildman–Crippen LogP) is 5.11. The maximum atomic E-state index is 11.8. The number of hydrogen-bond donors (Lipinski definition) is 2. The molecule has 8 heteroatoms. The van der Waals surface area contributed by atoms with E-state index in [4.69, 9.17) is 4.98 Å². The zero-order valence-electron chi connectivity index (χ0n) is 21.2. The summed E-state index contributed by atoms with van der Waals surface area (Å²) in [6, 6.07) is 21.8. The SMILES string of the molecule is C[C@@H]1CNC[C@H](C)N1c1ccc(-c2cnc3c(-c4ccc(NS(C)=O)c5ccccc45)cnn3c2)cc1. The Kier molecular flexibility index (Phi) is 6.14. The summed E-state index contributed by atoms with van der Waals surface area (Å²) in [7, 11) is -1.15. The van der Waals surface area contributed by atoms with Crippen molar-refractivity contribution < 1.29 is 4.21 Å². The number of anilines is 2. The van der Waals surface area contributed by atoms with Gasteiger partial charge in [-0.2, -0.15) is 5.10 Å². The lowest BCUT2D eigenvalue weighted by Gasteiger charge is -2.41. The second-order valence-electron chi connectivity index (χ2n) is 9.74. The Bertz CT molecular complexity index is 1600. The van der Waals surface area contributed by atoms with Crippen LogP contribution < -0.4 is 14.9 Å².